The maximum absolute atomic E-state index is 12.0. The summed E-state index contributed by atoms with van der Waals surface area (Å²) in [7, 11) is 1.79. The second-order valence-electron chi connectivity index (χ2n) is 3.18. The Morgan fingerprint density at radius 1 is 1.29 bits per heavy atom. The van der Waals surface area contributed by atoms with Crippen molar-refractivity contribution in [3.63, 3.8) is 0 Å². The van der Waals surface area contributed by atoms with E-state index in [-0.39, 0.29) is 5.75 Å². The molecule has 17 heavy (non-hydrogen) atoms. The molecule has 0 aliphatic carbocycles. The van der Waals surface area contributed by atoms with Gasteiger partial charge in [0.2, 0.25) is 0 Å². The molecule has 0 saturated heterocycles. The molecule has 0 saturated carbocycles. The minimum atomic E-state index is -2.79. The zero-order chi connectivity index (χ0) is 12.3. The smallest absolute Gasteiger partial charge is 0.387 e. The lowest BCUT2D eigenvalue weighted by Crippen LogP contribution is -2.01. The summed E-state index contributed by atoms with van der Waals surface area (Å²) in [6.45, 7) is -2.79. The van der Waals surface area contributed by atoms with Crippen molar-refractivity contribution in [2.75, 3.05) is 12.4 Å². The number of rotatable bonds is 4. The van der Waals surface area contributed by atoms with Crippen LogP contribution in [0.4, 0.5) is 13.9 Å². The van der Waals surface area contributed by atoms with Gasteiger partial charge in [0, 0.05) is 13.2 Å². The Hall–Kier alpha value is -1.69. The zero-order valence-electron chi connectivity index (χ0n) is 8.98. The Bertz CT molecular complexity index is 484. The topological polar surface area (TPSA) is 34.2 Å². The van der Waals surface area contributed by atoms with Crippen LogP contribution in [0, 0.1) is 0 Å². The van der Waals surface area contributed by atoms with Crippen molar-refractivity contribution in [3.8, 4) is 16.2 Å². The van der Waals surface area contributed by atoms with E-state index in [4.69, 9.17) is 0 Å². The zero-order valence-corrected chi connectivity index (χ0v) is 9.80. The van der Waals surface area contributed by atoms with Crippen LogP contribution in [-0.2, 0) is 0 Å². The second kappa shape index (κ2) is 5.09. The second-order valence-corrected chi connectivity index (χ2v) is 4.21. The Kier molecular flexibility index (Phi) is 3.53. The van der Waals surface area contributed by atoms with Crippen LogP contribution < -0.4 is 10.1 Å². The van der Waals surface area contributed by atoms with Gasteiger partial charge in [-0.25, -0.2) is 4.98 Å². The summed E-state index contributed by atoms with van der Waals surface area (Å²) in [5.74, 6) is 0.155. The molecule has 0 aliphatic rings. The highest BCUT2D eigenvalue weighted by atomic mass is 32.1. The number of alkyl halides is 2. The van der Waals surface area contributed by atoms with Crippen molar-refractivity contribution in [1.82, 2.24) is 4.98 Å². The number of ether oxygens (including phenoxy) is 1. The number of aromatic nitrogens is 1. The number of nitrogens with zero attached hydrogens (tertiary/aromatic N) is 1. The summed E-state index contributed by atoms with van der Waals surface area (Å²) < 4.78 is 28.2. The molecule has 0 unspecified atom stereocenters. The van der Waals surface area contributed by atoms with E-state index in [1.807, 2.05) is 0 Å². The molecule has 0 atom stereocenters. The predicted molar refractivity (Wildman–Crippen MR) is 63.7 cm³/mol. The summed E-state index contributed by atoms with van der Waals surface area (Å²) in [5.41, 5.74) is 0.922. The highest BCUT2D eigenvalue weighted by Crippen LogP contribution is 2.30. The molecule has 1 N–H and O–H groups in total. The molecular formula is C11H10F2N2OS. The molecule has 2 aromatic rings. The Morgan fingerprint density at radius 3 is 2.53 bits per heavy atom. The minimum Gasteiger partial charge on any atom is -0.435 e. The summed E-state index contributed by atoms with van der Waals surface area (Å²) in [5, 5.41) is 3.75. The normalized spacial score (nSPS) is 10.6. The van der Waals surface area contributed by atoms with Gasteiger partial charge < -0.3 is 10.1 Å². The molecule has 6 heteroatoms. The van der Waals surface area contributed by atoms with Gasteiger partial charge in [-0.15, -0.1) is 0 Å². The number of thiazole rings is 1. The molecular weight excluding hydrogens is 246 g/mol. The van der Waals surface area contributed by atoms with Crippen molar-refractivity contribution in [1.29, 1.82) is 0 Å². The Balaban J connectivity index is 2.17. The third-order valence-electron chi connectivity index (χ3n) is 2.08. The molecule has 1 aromatic carbocycles. The number of hydrogen-bond donors (Lipinski definition) is 1. The minimum absolute atomic E-state index is 0.155. The van der Waals surface area contributed by atoms with E-state index < -0.39 is 6.61 Å². The van der Waals surface area contributed by atoms with Gasteiger partial charge in [-0.3, -0.25) is 0 Å². The van der Waals surface area contributed by atoms with Gasteiger partial charge >= 0.3 is 6.61 Å². The van der Waals surface area contributed by atoms with E-state index >= 15 is 0 Å². The van der Waals surface area contributed by atoms with Crippen LogP contribution in [0.3, 0.4) is 0 Å². The number of anilines is 1. The molecule has 0 fully saturated rings. The lowest BCUT2D eigenvalue weighted by molar-refractivity contribution is -0.0498. The van der Waals surface area contributed by atoms with Crippen molar-refractivity contribution in [3.05, 3.63) is 30.5 Å². The standard InChI is InChI=1S/C11H10F2N2OS/c1-14-11-15-6-9(17-11)7-2-4-8(5-3-7)16-10(12)13/h2-6,10H,1H3,(H,14,15). The van der Waals surface area contributed by atoms with Crippen LogP contribution in [0.5, 0.6) is 5.75 Å². The van der Waals surface area contributed by atoms with Gasteiger partial charge in [0.15, 0.2) is 5.13 Å². The largest absolute Gasteiger partial charge is 0.435 e. The maximum atomic E-state index is 12.0. The van der Waals surface area contributed by atoms with Crippen molar-refractivity contribution in [2.24, 2.45) is 0 Å². The number of nitrogens with one attached hydrogen (secondary N) is 1. The number of halogens is 2. The first-order chi connectivity index (χ1) is 8.19. The number of hydrogen-bond acceptors (Lipinski definition) is 4. The van der Waals surface area contributed by atoms with Gasteiger partial charge in [0.05, 0.1) is 4.88 Å². The SMILES string of the molecule is CNc1ncc(-c2ccc(OC(F)F)cc2)s1. The van der Waals surface area contributed by atoms with Crippen LogP contribution in [0.2, 0.25) is 0 Å². The van der Waals surface area contributed by atoms with Gasteiger partial charge in [0.1, 0.15) is 5.75 Å². The average molecular weight is 256 g/mol. The average Bonchev–Trinajstić information content (AvgIpc) is 2.78. The van der Waals surface area contributed by atoms with E-state index in [0.717, 1.165) is 15.6 Å². The fraction of sp³-hybridized carbons (Fsp3) is 0.182. The van der Waals surface area contributed by atoms with E-state index in [1.54, 1.807) is 25.4 Å². The third-order valence-corrected chi connectivity index (χ3v) is 3.15. The molecule has 1 aromatic heterocycles. The summed E-state index contributed by atoms with van der Waals surface area (Å²) >= 11 is 1.49. The summed E-state index contributed by atoms with van der Waals surface area (Å²) in [4.78, 5) is 5.11. The van der Waals surface area contributed by atoms with Crippen LogP contribution >= 0.6 is 11.3 Å². The summed E-state index contributed by atoms with van der Waals surface area (Å²) in [6.07, 6.45) is 1.74. The quantitative estimate of drug-likeness (QED) is 0.909. The molecule has 0 bridgehead atoms. The fourth-order valence-corrected chi connectivity index (χ4v) is 2.10. The highest BCUT2D eigenvalue weighted by molar-refractivity contribution is 7.18. The third kappa shape index (κ3) is 2.91. The first-order valence-corrected chi connectivity index (χ1v) is 5.69. The highest BCUT2D eigenvalue weighted by Gasteiger charge is 2.06. The first-order valence-electron chi connectivity index (χ1n) is 4.88. The fourth-order valence-electron chi connectivity index (χ4n) is 1.32. The summed E-state index contributed by atoms with van der Waals surface area (Å²) in [6, 6.07) is 6.48. The molecule has 0 spiro atoms. The Morgan fingerprint density at radius 2 is 2.00 bits per heavy atom. The molecule has 0 radical (unpaired) electrons. The molecule has 3 nitrogen and oxygen atoms in total. The van der Waals surface area contributed by atoms with Crippen molar-refractivity contribution in [2.45, 2.75) is 6.61 Å². The van der Waals surface area contributed by atoms with Crippen LogP contribution in [0.15, 0.2) is 30.5 Å². The lowest BCUT2D eigenvalue weighted by atomic mass is 10.2. The van der Waals surface area contributed by atoms with E-state index in [2.05, 4.69) is 15.0 Å². The molecule has 2 rings (SSSR count). The van der Waals surface area contributed by atoms with Gasteiger partial charge in [-0.05, 0) is 29.8 Å². The van der Waals surface area contributed by atoms with E-state index in [0.29, 0.717) is 0 Å². The van der Waals surface area contributed by atoms with Crippen LogP contribution in [0.1, 0.15) is 0 Å². The van der Waals surface area contributed by atoms with Crippen molar-refractivity contribution >= 4 is 16.5 Å². The monoisotopic (exact) mass is 256 g/mol. The molecule has 0 amide bonds. The molecule has 1 heterocycles. The maximum Gasteiger partial charge on any atom is 0.387 e. The van der Waals surface area contributed by atoms with Gasteiger partial charge in [0.25, 0.3) is 0 Å². The first kappa shape index (κ1) is 11.8. The number of benzene rings is 1. The molecule has 90 valence electrons. The van der Waals surface area contributed by atoms with Crippen LogP contribution in [0.25, 0.3) is 10.4 Å². The van der Waals surface area contributed by atoms with E-state index in [1.165, 1.54) is 23.5 Å². The predicted octanol–water partition coefficient (Wildman–Crippen LogP) is 3.45. The van der Waals surface area contributed by atoms with E-state index in [9.17, 15) is 8.78 Å². The van der Waals surface area contributed by atoms with Gasteiger partial charge in [-0.2, -0.15) is 8.78 Å². The van der Waals surface area contributed by atoms with Crippen molar-refractivity contribution < 1.29 is 13.5 Å². The van der Waals surface area contributed by atoms with Crippen LogP contribution in [-0.4, -0.2) is 18.6 Å². The Labute approximate surface area is 101 Å². The van der Waals surface area contributed by atoms with Gasteiger partial charge in [-0.1, -0.05) is 11.3 Å². The lowest BCUT2D eigenvalue weighted by Gasteiger charge is -2.04. The molecule has 0 aliphatic heterocycles.